The molecule has 0 aliphatic heterocycles. The molecule has 0 radical (unpaired) electrons. The molecule has 0 bridgehead atoms. The van der Waals surface area contributed by atoms with Gasteiger partial charge in [-0.15, -0.1) is 0 Å². The largest absolute Gasteiger partial charge is 0.389 e. The molecule has 4 nitrogen and oxygen atoms in total. The Morgan fingerprint density at radius 3 is 2.50 bits per heavy atom. The van der Waals surface area contributed by atoms with Crippen LogP contribution in [0, 0.1) is 23.7 Å². The van der Waals surface area contributed by atoms with Gasteiger partial charge in [0.2, 0.25) is 5.91 Å². The van der Waals surface area contributed by atoms with E-state index in [0.717, 1.165) is 19.4 Å². The highest BCUT2D eigenvalue weighted by molar-refractivity contribution is 5.78. The fourth-order valence-corrected chi connectivity index (χ4v) is 3.24. The number of carbonyl (C=O) groups excluding carboxylic acids is 1. The summed E-state index contributed by atoms with van der Waals surface area (Å²) in [5.41, 5.74) is 0. The van der Waals surface area contributed by atoms with Crippen LogP contribution in [0.4, 0.5) is 0 Å². The van der Waals surface area contributed by atoms with Crippen LogP contribution >= 0.6 is 0 Å². The molecule has 20 heavy (non-hydrogen) atoms. The molecule has 3 unspecified atom stereocenters. The van der Waals surface area contributed by atoms with Crippen molar-refractivity contribution >= 4 is 5.91 Å². The maximum atomic E-state index is 12.1. The average molecular weight is 283 g/mol. The van der Waals surface area contributed by atoms with Gasteiger partial charge < -0.3 is 15.2 Å². The lowest BCUT2D eigenvalue weighted by Gasteiger charge is -2.30. The molecule has 2 saturated carbocycles. The number of nitrogens with one attached hydrogen (secondary N) is 1. The number of hydrogen-bond donors (Lipinski definition) is 2. The van der Waals surface area contributed by atoms with E-state index in [1.54, 1.807) is 0 Å². The molecule has 0 saturated heterocycles. The molecule has 2 N–H and O–H groups in total. The predicted octanol–water partition coefficient (Wildman–Crippen LogP) is 1.96. The molecule has 2 rings (SSSR count). The maximum Gasteiger partial charge on any atom is 0.223 e. The van der Waals surface area contributed by atoms with E-state index in [1.807, 2.05) is 0 Å². The Kier molecular flexibility index (Phi) is 5.85. The molecule has 4 heteroatoms. The smallest absolute Gasteiger partial charge is 0.223 e. The highest BCUT2D eigenvalue weighted by Gasteiger charge is 2.29. The van der Waals surface area contributed by atoms with Gasteiger partial charge in [0.25, 0.3) is 0 Å². The third-order valence-corrected chi connectivity index (χ3v) is 4.42. The first kappa shape index (κ1) is 15.8. The SMILES string of the molecule is CC1CC(C)CC(C(=O)NCC(O)COCC2CC2)C1. The molecule has 0 aromatic rings. The van der Waals surface area contributed by atoms with Gasteiger partial charge in [0, 0.05) is 19.1 Å². The Balaban J connectivity index is 1.60. The average Bonchev–Trinajstić information content (AvgIpc) is 3.19. The van der Waals surface area contributed by atoms with E-state index >= 15 is 0 Å². The second-order valence-corrected chi connectivity index (χ2v) is 6.99. The molecular formula is C16H29NO3. The monoisotopic (exact) mass is 283 g/mol. The summed E-state index contributed by atoms with van der Waals surface area (Å²) in [5.74, 6) is 2.18. The zero-order valence-corrected chi connectivity index (χ0v) is 12.8. The van der Waals surface area contributed by atoms with Gasteiger partial charge in [0.05, 0.1) is 12.7 Å². The quantitative estimate of drug-likeness (QED) is 0.751. The molecule has 2 fully saturated rings. The van der Waals surface area contributed by atoms with Crippen LogP contribution in [0.15, 0.2) is 0 Å². The minimum atomic E-state index is -0.587. The molecule has 3 atom stereocenters. The molecule has 0 aromatic carbocycles. The first-order valence-corrected chi connectivity index (χ1v) is 8.08. The summed E-state index contributed by atoms with van der Waals surface area (Å²) in [6, 6.07) is 0. The fourth-order valence-electron chi connectivity index (χ4n) is 3.24. The van der Waals surface area contributed by atoms with Crippen LogP contribution in [0.5, 0.6) is 0 Å². The molecular weight excluding hydrogens is 254 g/mol. The number of rotatable bonds is 7. The summed E-state index contributed by atoms with van der Waals surface area (Å²) in [6.45, 7) is 5.83. The van der Waals surface area contributed by atoms with E-state index in [9.17, 15) is 9.90 Å². The molecule has 0 aromatic heterocycles. The van der Waals surface area contributed by atoms with Gasteiger partial charge in [-0.3, -0.25) is 4.79 Å². The number of ether oxygens (including phenoxy) is 1. The van der Waals surface area contributed by atoms with Crippen LogP contribution in [0.25, 0.3) is 0 Å². The normalized spacial score (nSPS) is 31.9. The van der Waals surface area contributed by atoms with Gasteiger partial charge in [-0.2, -0.15) is 0 Å². The molecule has 1 amide bonds. The topological polar surface area (TPSA) is 58.6 Å². The number of carbonyl (C=O) groups is 1. The van der Waals surface area contributed by atoms with Crippen molar-refractivity contribution in [1.82, 2.24) is 5.32 Å². The predicted molar refractivity (Wildman–Crippen MR) is 78.2 cm³/mol. The van der Waals surface area contributed by atoms with Crippen molar-refractivity contribution in [3.63, 3.8) is 0 Å². The standard InChI is InChI=1S/C16H29NO3/c1-11-5-12(2)7-14(6-11)16(19)17-8-15(18)10-20-9-13-3-4-13/h11-15,18H,3-10H2,1-2H3,(H,17,19). The summed E-state index contributed by atoms with van der Waals surface area (Å²) in [5, 5.41) is 12.7. The summed E-state index contributed by atoms with van der Waals surface area (Å²) < 4.78 is 5.43. The molecule has 0 heterocycles. The minimum Gasteiger partial charge on any atom is -0.389 e. The van der Waals surface area contributed by atoms with Crippen molar-refractivity contribution in [3.8, 4) is 0 Å². The van der Waals surface area contributed by atoms with E-state index < -0.39 is 6.10 Å². The Hall–Kier alpha value is -0.610. The fraction of sp³-hybridized carbons (Fsp3) is 0.938. The number of aliphatic hydroxyl groups excluding tert-OH is 1. The van der Waals surface area contributed by atoms with Gasteiger partial charge in [0.15, 0.2) is 0 Å². The van der Waals surface area contributed by atoms with Crippen LogP contribution in [0.3, 0.4) is 0 Å². The van der Waals surface area contributed by atoms with Crippen molar-refractivity contribution in [2.75, 3.05) is 19.8 Å². The Morgan fingerprint density at radius 1 is 1.25 bits per heavy atom. The van der Waals surface area contributed by atoms with Gasteiger partial charge >= 0.3 is 0 Å². The molecule has 116 valence electrons. The summed E-state index contributed by atoms with van der Waals surface area (Å²) in [6.07, 6.45) is 5.10. The Morgan fingerprint density at radius 2 is 1.90 bits per heavy atom. The molecule has 2 aliphatic rings. The summed E-state index contributed by atoms with van der Waals surface area (Å²) >= 11 is 0. The van der Waals surface area contributed by atoms with Crippen LogP contribution < -0.4 is 5.32 Å². The van der Waals surface area contributed by atoms with Crippen molar-refractivity contribution in [2.45, 2.75) is 52.1 Å². The maximum absolute atomic E-state index is 12.1. The van der Waals surface area contributed by atoms with Crippen LogP contribution in [-0.4, -0.2) is 36.9 Å². The molecule has 2 aliphatic carbocycles. The van der Waals surface area contributed by atoms with E-state index in [4.69, 9.17) is 4.74 Å². The highest BCUT2D eigenvalue weighted by Crippen LogP contribution is 2.32. The van der Waals surface area contributed by atoms with Crippen molar-refractivity contribution in [1.29, 1.82) is 0 Å². The Labute approximate surface area is 122 Å². The number of aliphatic hydroxyl groups is 1. The first-order chi connectivity index (χ1) is 9.54. The first-order valence-electron chi connectivity index (χ1n) is 8.08. The van der Waals surface area contributed by atoms with Crippen molar-refractivity contribution < 1.29 is 14.6 Å². The van der Waals surface area contributed by atoms with E-state index in [-0.39, 0.29) is 11.8 Å². The van der Waals surface area contributed by atoms with Crippen molar-refractivity contribution in [3.05, 3.63) is 0 Å². The lowest BCUT2D eigenvalue weighted by Crippen LogP contribution is -2.40. The van der Waals surface area contributed by atoms with Crippen LogP contribution in [0.2, 0.25) is 0 Å². The van der Waals surface area contributed by atoms with E-state index in [0.29, 0.717) is 30.9 Å². The van der Waals surface area contributed by atoms with Crippen LogP contribution in [-0.2, 0) is 9.53 Å². The molecule has 0 spiro atoms. The zero-order chi connectivity index (χ0) is 14.5. The third kappa shape index (κ3) is 5.41. The van der Waals surface area contributed by atoms with E-state index in [2.05, 4.69) is 19.2 Å². The van der Waals surface area contributed by atoms with Crippen LogP contribution in [0.1, 0.15) is 46.0 Å². The lowest BCUT2D eigenvalue weighted by molar-refractivity contribution is -0.127. The second-order valence-electron chi connectivity index (χ2n) is 6.99. The Bertz CT molecular complexity index is 307. The van der Waals surface area contributed by atoms with Gasteiger partial charge in [-0.25, -0.2) is 0 Å². The second kappa shape index (κ2) is 7.41. The number of hydrogen-bond acceptors (Lipinski definition) is 3. The van der Waals surface area contributed by atoms with Crippen molar-refractivity contribution in [2.24, 2.45) is 23.7 Å². The van der Waals surface area contributed by atoms with Gasteiger partial charge in [-0.1, -0.05) is 13.8 Å². The van der Waals surface area contributed by atoms with Gasteiger partial charge in [0.1, 0.15) is 0 Å². The summed E-state index contributed by atoms with van der Waals surface area (Å²) in [7, 11) is 0. The zero-order valence-electron chi connectivity index (χ0n) is 12.8. The summed E-state index contributed by atoms with van der Waals surface area (Å²) in [4.78, 5) is 12.1. The third-order valence-electron chi connectivity index (χ3n) is 4.42. The van der Waals surface area contributed by atoms with E-state index in [1.165, 1.54) is 19.3 Å². The highest BCUT2D eigenvalue weighted by atomic mass is 16.5. The minimum absolute atomic E-state index is 0.102. The van der Waals surface area contributed by atoms with Gasteiger partial charge in [-0.05, 0) is 49.9 Å². The number of amides is 1. The lowest BCUT2D eigenvalue weighted by atomic mass is 9.76.